The van der Waals surface area contributed by atoms with Gasteiger partial charge in [0.1, 0.15) is 18.1 Å². The van der Waals surface area contributed by atoms with E-state index in [4.69, 9.17) is 9.26 Å². The van der Waals surface area contributed by atoms with E-state index in [0.717, 1.165) is 39.7 Å². The number of aromatic nitrogens is 1. The number of hydrogen-bond donors (Lipinski definition) is 1. The second-order valence-electron chi connectivity index (χ2n) is 6.87. The van der Waals surface area contributed by atoms with Crippen molar-refractivity contribution in [2.45, 2.75) is 26.9 Å². The lowest BCUT2D eigenvalue weighted by atomic mass is 10.1. The van der Waals surface area contributed by atoms with E-state index in [0.29, 0.717) is 13.0 Å². The molecule has 3 aromatic rings. The van der Waals surface area contributed by atoms with Crippen LogP contribution in [0.5, 0.6) is 5.75 Å². The summed E-state index contributed by atoms with van der Waals surface area (Å²) in [4.78, 5) is 14.4. The van der Waals surface area contributed by atoms with Crippen molar-refractivity contribution in [1.82, 2.24) is 5.16 Å². The Hall–Kier alpha value is -3.28. The van der Waals surface area contributed by atoms with E-state index in [1.807, 2.05) is 81.4 Å². The average Bonchev–Trinajstić information content (AvgIpc) is 2.99. The van der Waals surface area contributed by atoms with Crippen molar-refractivity contribution in [1.29, 1.82) is 0 Å². The number of amides is 1. The standard InChI is InChI=1S/C22H25N3O3/c1-15-19(16(2)28-24-15)14-27-18-11-9-17(10-12-18)13-22(26)23-20-7-5-6-8-21(20)25(3)4/h5-12H,13-14H2,1-4H3,(H,23,26). The van der Waals surface area contributed by atoms with Crippen LogP contribution in [0.1, 0.15) is 22.6 Å². The van der Waals surface area contributed by atoms with Gasteiger partial charge < -0.3 is 19.5 Å². The molecular weight excluding hydrogens is 354 g/mol. The summed E-state index contributed by atoms with van der Waals surface area (Å²) in [7, 11) is 3.90. The number of benzene rings is 2. The monoisotopic (exact) mass is 379 g/mol. The highest BCUT2D eigenvalue weighted by atomic mass is 16.5. The van der Waals surface area contributed by atoms with Gasteiger partial charge in [0.15, 0.2) is 0 Å². The maximum Gasteiger partial charge on any atom is 0.228 e. The van der Waals surface area contributed by atoms with E-state index in [1.54, 1.807) is 0 Å². The van der Waals surface area contributed by atoms with Crippen molar-refractivity contribution in [3.8, 4) is 5.75 Å². The average molecular weight is 379 g/mol. The third-order valence-electron chi connectivity index (χ3n) is 4.51. The van der Waals surface area contributed by atoms with Gasteiger partial charge >= 0.3 is 0 Å². The first kappa shape index (κ1) is 19.5. The highest BCUT2D eigenvalue weighted by Gasteiger charge is 2.11. The molecule has 6 nitrogen and oxygen atoms in total. The lowest BCUT2D eigenvalue weighted by Crippen LogP contribution is -2.18. The van der Waals surface area contributed by atoms with Crippen molar-refractivity contribution in [2.24, 2.45) is 0 Å². The number of anilines is 2. The Morgan fingerprint density at radius 2 is 1.82 bits per heavy atom. The molecule has 2 aromatic carbocycles. The van der Waals surface area contributed by atoms with Crippen molar-refractivity contribution in [2.75, 3.05) is 24.3 Å². The van der Waals surface area contributed by atoms with E-state index in [2.05, 4.69) is 10.5 Å². The number of para-hydroxylation sites is 2. The molecule has 6 heteroatoms. The highest BCUT2D eigenvalue weighted by Crippen LogP contribution is 2.24. The molecule has 0 atom stereocenters. The first-order valence-electron chi connectivity index (χ1n) is 9.13. The van der Waals surface area contributed by atoms with Gasteiger partial charge in [0.05, 0.1) is 29.1 Å². The highest BCUT2D eigenvalue weighted by molar-refractivity contribution is 5.95. The summed E-state index contributed by atoms with van der Waals surface area (Å²) in [5.74, 6) is 1.45. The van der Waals surface area contributed by atoms with Gasteiger partial charge in [0.2, 0.25) is 5.91 Å². The number of hydrogen-bond acceptors (Lipinski definition) is 5. The number of nitrogens with one attached hydrogen (secondary N) is 1. The number of aryl methyl sites for hydroxylation is 2. The van der Waals surface area contributed by atoms with Crippen molar-refractivity contribution in [3.05, 3.63) is 71.1 Å². The minimum Gasteiger partial charge on any atom is -0.489 e. The van der Waals surface area contributed by atoms with Gasteiger partial charge in [-0.1, -0.05) is 29.4 Å². The van der Waals surface area contributed by atoms with Crippen LogP contribution < -0.4 is 15.0 Å². The van der Waals surface area contributed by atoms with Gasteiger partial charge in [-0.2, -0.15) is 0 Å². The van der Waals surface area contributed by atoms with Gasteiger partial charge in [0, 0.05) is 14.1 Å². The Labute approximate surface area is 165 Å². The van der Waals surface area contributed by atoms with Crippen LogP contribution in [-0.4, -0.2) is 25.2 Å². The number of rotatable bonds is 7. The van der Waals surface area contributed by atoms with Crippen LogP contribution >= 0.6 is 0 Å². The molecule has 0 aliphatic carbocycles. The van der Waals surface area contributed by atoms with Crippen LogP contribution in [0.2, 0.25) is 0 Å². The van der Waals surface area contributed by atoms with Crippen LogP contribution in [0.25, 0.3) is 0 Å². The number of nitrogens with zero attached hydrogens (tertiary/aromatic N) is 2. The molecule has 0 aliphatic rings. The molecule has 0 fully saturated rings. The molecule has 0 unspecified atom stereocenters. The molecule has 0 spiro atoms. The Bertz CT molecular complexity index is 926. The van der Waals surface area contributed by atoms with E-state index in [-0.39, 0.29) is 5.91 Å². The predicted molar refractivity (Wildman–Crippen MR) is 110 cm³/mol. The minimum absolute atomic E-state index is 0.0568. The molecule has 146 valence electrons. The fourth-order valence-corrected chi connectivity index (χ4v) is 2.92. The molecule has 0 radical (unpaired) electrons. The fraction of sp³-hybridized carbons (Fsp3) is 0.273. The smallest absolute Gasteiger partial charge is 0.228 e. The summed E-state index contributed by atoms with van der Waals surface area (Å²) < 4.78 is 10.9. The minimum atomic E-state index is -0.0568. The topological polar surface area (TPSA) is 67.6 Å². The van der Waals surface area contributed by atoms with Crippen LogP contribution in [0, 0.1) is 13.8 Å². The Kier molecular flexibility index (Phi) is 5.99. The molecule has 1 amide bonds. The fourth-order valence-electron chi connectivity index (χ4n) is 2.92. The third-order valence-corrected chi connectivity index (χ3v) is 4.51. The zero-order chi connectivity index (χ0) is 20.1. The number of ether oxygens (including phenoxy) is 1. The van der Waals surface area contributed by atoms with Gasteiger partial charge in [-0.3, -0.25) is 4.79 Å². The molecule has 0 saturated heterocycles. The Morgan fingerprint density at radius 3 is 2.46 bits per heavy atom. The molecule has 0 saturated carbocycles. The Balaban J connectivity index is 1.57. The van der Waals surface area contributed by atoms with Crippen LogP contribution in [0.3, 0.4) is 0 Å². The van der Waals surface area contributed by atoms with Crippen molar-refractivity contribution < 1.29 is 14.1 Å². The second kappa shape index (κ2) is 8.61. The number of carbonyl (C=O) groups excluding carboxylic acids is 1. The maximum absolute atomic E-state index is 12.4. The van der Waals surface area contributed by atoms with Gasteiger partial charge in [0.25, 0.3) is 0 Å². The molecule has 0 aliphatic heterocycles. The molecule has 1 aromatic heterocycles. The zero-order valence-electron chi connectivity index (χ0n) is 16.7. The summed E-state index contributed by atoms with van der Waals surface area (Å²) in [5, 5.41) is 6.91. The molecular formula is C22H25N3O3. The van der Waals surface area contributed by atoms with E-state index < -0.39 is 0 Å². The third kappa shape index (κ3) is 4.71. The first-order valence-corrected chi connectivity index (χ1v) is 9.13. The lowest BCUT2D eigenvalue weighted by molar-refractivity contribution is -0.115. The zero-order valence-corrected chi connectivity index (χ0v) is 16.7. The van der Waals surface area contributed by atoms with Gasteiger partial charge in [-0.05, 0) is 43.7 Å². The second-order valence-corrected chi connectivity index (χ2v) is 6.87. The lowest BCUT2D eigenvalue weighted by Gasteiger charge is -2.17. The molecule has 28 heavy (non-hydrogen) atoms. The maximum atomic E-state index is 12.4. The van der Waals surface area contributed by atoms with Gasteiger partial charge in [-0.25, -0.2) is 0 Å². The van der Waals surface area contributed by atoms with Crippen molar-refractivity contribution >= 4 is 17.3 Å². The predicted octanol–water partition coefficient (Wildman–Crippen LogP) is 4.12. The first-order chi connectivity index (χ1) is 13.4. The van der Waals surface area contributed by atoms with Crippen LogP contribution in [-0.2, 0) is 17.8 Å². The number of carbonyl (C=O) groups is 1. The molecule has 1 heterocycles. The summed E-state index contributed by atoms with van der Waals surface area (Å²) in [6.45, 7) is 4.17. The SMILES string of the molecule is Cc1noc(C)c1COc1ccc(CC(=O)Nc2ccccc2N(C)C)cc1. The summed E-state index contributed by atoms with van der Waals surface area (Å²) in [6.07, 6.45) is 0.298. The van der Waals surface area contributed by atoms with Gasteiger partial charge in [-0.15, -0.1) is 0 Å². The largest absolute Gasteiger partial charge is 0.489 e. The quantitative estimate of drug-likeness (QED) is 0.669. The normalized spacial score (nSPS) is 10.6. The van der Waals surface area contributed by atoms with E-state index in [9.17, 15) is 4.79 Å². The molecule has 0 bridgehead atoms. The molecule has 1 N–H and O–H groups in total. The Morgan fingerprint density at radius 1 is 1.11 bits per heavy atom. The molecule has 3 rings (SSSR count). The summed E-state index contributed by atoms with van der Waals surface area (Å²) in [5.41, 5.74) is 4.49. The van der Waals surface area contributed by atoms with E-state index >= 15 is 0 Å². The summed E-state index contributed by atoms with van der Waals surface area (Å²) >= 11 is 0. The van der Waals surface area contributed by atoms with Crippen LogP contribution in [0.4, 0.5) is 11.4 Å². The summed E-state index contributed by atoms with van der Waals surface area (Å²) in [6, 6.07) is 15.3. The van der Waals surface area contributed by atoms with Crippen molar-refractivity contribution in [3.63, 3.8) is 0 Å². The van der Waals surface area contributed by atoms with E-state index in [1.165, 1.54) is 0 Å². The van der Waals surface area contributed by atoms with Crippen LogP contribution in [0.15, 0.2) is 53.1 Å².